The number of anilines is 1. The Bertz CT molecular complexity index is 801. The minimum Gasteiger partial charge on any atom is -0.497 e. The molecular weight excluding hydrogens is 360 g/mol. The van der Waals surface area contributed by atoms with E-state index in [0.29, 0.717) is 29.3 Å². The van der Waals surface area contributed by atoms with Gasteiger partial charge in [-0.2, -0.15) is 0 Å². The highest BCUT2D eigenvalue weighted by Gasteiger charge is 2.17. The summed E-state index contributed by atoms with van der Waals surface area (Å²) in [7, 11) is 1.58. The van der Waals surface area contributed by atoms with Crippen LogP contribution in [0.15, 0.2) is 48.5 Å². The van der Waals surface area contributed by atoms with Gasteiger partial charge in [-0.3, -0.25) is 9.59 Å². The second-order valence-corrected chi connectivity index (χ2v) is 6.44. The van der Waals surface area contributed by atoms with E-state index in [1.807, 2.05) is 0 Å². The van der Waals surface area contributed by atoms with Crippen LogP contribution in [0, 0.1) is 0 Å². The molecule has 1 fully saturated rings. The van der Waals surface area contributed by atoms with Gasteiger partial charge >= 0.3 is 0 Å². The smallest absolute Gasteiger partial charge is 0.262 e. The molecule has 7 nitrogen and oxygen atoms in total. The molecule has 2 aromatic rings. The van der Waals surface area contributed by atoms with Crippen LogP contribution in [0.5, 0.6) is 11.5 Å². The highest BCUT2D eigenvalue weighted by molar-refractivity contribution is 5.97. The summed E-state index contributed by atoms with van der Waals surface area (Å²) in [4.78, 5) is 24.4. The molecular formula is C21H24N2O5. The number of ether oxygens (including phenoxy) is 3. The Morgan fingerprint density at radius 1 is 1.14 bits per heavy atom. The summed E-state index contributed by atoms with van der Waals surface area (Å²) in [6, 6.07) is 13.8. The molecule has 1 saturated heterocycles. The molecule has 2 N–H and O–H groups in total. The second-order valence-electron chi connectivity index (χ2n) is 6.44. The summed E-state index contributed by atoms with van der Waals surface area (Å²) < 4.78 is 16.0. The lowest BCUT2D eigenvalue weighted by Crippen LogP contribution is -2.31. The fraction of sp³-hybridized carbons (Fsp3) is 0.333. The van der Waals surface area contributed by atoms with Crippen molar-refractivity contribution in [1.82, 2.24) is 5.32 Å². The summed E-state index contributed by atoms with van der Waals surface area (Å²) in [6.07, 6.45) is 2.08. The third-order valence-electron chi connectivity index (χ3n) is 4.35. The zero-order chi connectivity index (χ0) is 19.8. The summed E-state index contributed by atoms with van der Waals surface area (Å²) in [5.74, 6) is 0.776. The minimum absolute atomic E-state index is 0.0851. The first-order valence-electron chi connectivity index (χ1n) is 9.20. The Balaban J connectivity index is 1.48. The average Bonchev–Trinajstić information content (AvgIpc) is 3.25. The Morgan fingerprint density at radius 3 is 2.64 bits per heavy atom. The topological polar surface area (TPSA) is 85.9 Å². The number of benzene rings is 2. The molecule has 7 heteroatoms. The van der Waals surface area contributed by atoms with Gasteiger partial charge in [0.05, 0.1) is 13.2 Å². The molecule has 0 spiro atoms. The third-order valence-corrected chi connectivity index (χ3v) is 4.35. The van der Waals surface area contributed by atoms with Gasteiger partial charge in [0.1, 0.15) is 11.5 Å². The predicted octanol–water partition coefficient (Wildman–Crippen LogP) is 2.62. The SMILES string of the molecule is COc1ccc(OCC(=O)Nc2cccc(C(=O)NCC3CCCO3)c2)cc1. The number of methoxy groups -OCH3 is 1. The maximum atomic E-state index is 12.3. The number of hydrogen-bond donors (Lipinski definition) is 2. The normalized spacial score (nSPS) is 15.7. The van der Waals surface area contributed by atoms with E-state index < -0.39 is 0 Å². The molecule has 0 bridgehead atoms. The third kappa shape index (κ3) is 5.72. The minimum atomic E-state index is -0.312. The molecule has 3 rings (SSSR count). The van der Waals surface area contributed by atoms with Gasteiger partial charge in [0.25, 0.3) is 11.8 Å². The summed E-state index contributed by atoms with van der Waals surface area (Å²) in [5.41, 5.74) is 1.01. The van der Waals surface area contributed by atoms with Gasteiger partial charge in [-0.25, -0.2) is 0 Å². The van der Waals surface area contributed by atoms with Crippen LogP contribution in [-0.4, -0.2) is 44.8 Å². The van der Waals surface area contributed by atoms with Gasteiger partial charge in [0, 0.05) is 24.4 Å². The van der Waals surface area contributed by atoms with E-state index in [9.17, 15) is 9.59 Å². The van der Waals surface area contributed by atoms with Crippen molar-refractivity contribution in [3.05, 3.63) is 54.1 Å². The second kappa shape index (κ2) is 9.75. The first-order valence-corrected chi connectivity index (χ1v) is 9.20. The van der Waals surface area contributed by atoms with Crippen LogP contribution in [0.25, 0.3) is 0 Å². The molecule has 0 radical (unpaired) electrons. The van der Waals surface area contributed by atoms with Crippen molar-refractivity contribution >= 4 is 17.5 Å². The first kappa shape index (κ1) is 19.7. The lowest BCUT2D eigenvalue weighted by atomic mass is 10.1. The van der Waals surface area contributed by atoms with E-state index in [1.165, 1.54) is 0 Å². The van der Waals surface area contributed by atoms with Crippen molar-refractivity contribution in [2.75, 3.05) is 32.2 Å². The number of rotatable bonds is 8. The van der Waals surface area contributed by atoms with Gasteiger partial charge in [0.2, 0.25) is 0 Å². The summed E-state index contributed by atoms with van der Waals surface area (Å²) in [6.45, 7) is 1.10. The number of carbonyl (C=O) groups excluding carboxylic acids is 2. The molecule has 0 aliphatic carbocycles. The van der Waals surface area contributed by atoms with E-state index in [1.54, 1.807) is 55.6 Å². The molecule has 148 valence electrons. The monoisotopic (exact) mass is 384 g/mol. The summed E-state index contributed by atoms with van der Waals surface area (Å²) >= 11 is 0. The molecule has 0 saturated carbocycles. The largest absolute Gasteiger partial charge is 0.497 e. The van der Waals surface area contributed by atoms with Gasteiger partial charge in [-0.05, 0) is 55.3 Å². The van der Waals surface area contributed by atoms with Gasteiger partial charge in [-0.15, -0.1) is 0 Å². The molecule has 1 atom stereocenters. The molecule has 0 aromatic heterocycles. The van der Waals surface area contributed by atoms with Crippen LogP contribution in [0.3, 0.4) is 0 Å². The Morgan fingerprint density at radius 2 is 1.93 bits per heavy atom. The van der Waals surface area contributed by atoms with Gasteiger partial charge in [-0.1, -0.05) is 6.07 Å². The number of carbonyl (C=O) groups is 2. The highest BCUT2D eigenvalue weighted by Crippen LogP contribution is 2.17. The Kier molecular flexibility index (Phi) is 6.86. The number of amides is 2. The fourth-order valence-corrected chi connectivity index (χ4v) is 2.87. The number of hydrogen-bond acceptors (Lipinski definition) is 5. The molecule has 1 unspecified atom stereocenters. The molecule has 1 aliphatic heterocycles. The van der Waals surface area contributed by atoms with E-state index >= 15 is 0 Å². The standard InChI is InChI=1S/C21H24N2O5/c1-26-17-7-9-18(10-8-17)28-14-20(24)23-16-5-2-4-15(12-16)21(25)22-13-19-6-3-11-27-19/h2,4-5,7-10,12,19H,3,6,11,13-14H2,1H3,(H,22,25)(H,23,24). The average molecular weight is 384 g/mol. The van der Waals surface area contributed by atoms with Crippen molar-refractivity contribution in [3.8, 4) is 11.5 Å². The van der Waals surface area contributed by atoms with Crippen molar-refractivity contribution in [1.29, 1.82) is 0 Å². The van der Waals surface area contributed by atoms with E-state index in [0.717, 1.165) is 19.4 Å². The van der Waals surface area contributed by atoms with Crippen LogP contribution >= 0.6 is 0 Å². The van der Waals surface area contributed by atoms with E-state index in [2.05, 4.69) is 10.6 Å². The van der Waals surface area contributed by atoms with Crippen molar-refractivity contribution in [2.45, 2.75) is 18.9 Å². The van der Waals surface area contributed by atoms with Crippen LogP contribution in [0.2, 0.25) is 0 Å². The first-order chi connectivity index (χ1) is 13.6. The zero-order valence-corrected chi connectivity index (χ0v) is 15.8. The molecule has 2 amide bonds. The van der Waals surface area contributed by atoms with E-state index in [4.69, 9.17) is 14.2 Å². The lowest BCUT2D eigenvalue weighted by molar-refractivity contribution is -0.118. The van der Waals surface area contributed by atoms with Crippen molar-refractivity contribution in [3.63, 3.8) is 0 Å². The molecule has 1 heterocycles. The molecule has 1 aliphatic rings. The Hall–Kier alpha value is -3.06. The van der Waals surface area contributed by atoms with Crippen LogP contribution in [0.1, 0.15) is 23.2 Å². The predicted molar refractivity (Wildman–Crippen MR) is 105 cm³/mol. The maximum absolute atomic E-state index is 12.3. The number of nitrogens with one attached hydrogen (secondary N) is 2. The maximum Gasteiger partial charge on any atom is 0.262 e. The van der Waals surface area contributed by atoms with Crippen molar-refractivity contribution in [2.24, 2.45) is 0 Å². The van der Waals surface area contributed by atoms with Crippen LogP contribution in [-0.2, 0) is 9.53 Å². The quantitative estimate of drug-likeness (QED) is 0.731. The Labute approximate surface area is 164 Å². The zero-order valence-electron chi connectivity index (χ0n) is 15.8. The van der Waals surface area contributed by atoms with E-state index in [-0.39, 0.29) is 24.5 Å². The van der Waals surface area contributed by atoms with Crippen LogP contribution < -0.4 is 20.1 Å². The summed E-state index contributed by atoms with van der Waals surface area (Å²) in [5, 5.41) is 5.60. The van der Waals surface area contributed by atoms with Crippen molar-refractivity contribution < 1.29 is 23.8 Å². The van der Waals surface area contributed by atoms with Gasteiger partial charge in [0.15, 0.2) is 6.61 Å². The fourth-order valence-electron chi connectivity index (χ4n) is 2.87. The van der Waals surface area contributed by atoms with Gasteiger partial charge < -0.3 is 24.8 Å². The molecule has 2 aromatic carbocycles. The highest BCUT2D eigenvalue weighted by atomic mass is 16.5. The van der Waals surface area contributed by atoms with Crippen LogP contribution in [0.4, 0.5) is 5.69 Å². The lowest BCUT2D eigenvalue weighted by Gasteiger charge is -2.12. The molecule has 28 heavy (non-hydrogen) atoms.